The number of pyridine rings is 1. The van der Waals surface area contributed by atoms with Gasteiger partial charge in [0.25, 0.3) is 5.91 Å². The van der Waals surface area contributed by atoms with Crippen LogP contribution >= 0.6 is 11.6 Å². The van der Waals surface area contributed by atoms with Gasteiger partial charge in [0.15, 0.2) is 0 Å². The fraction of sp³-hybridized carbons (Fsp3) is 0.0769. The van der Waals surface area contributed by atoms with Crippen LogP contribution in [0.4, 0.5) is 5.82 Å². The second kappa shape index (κ2) is 4.97. The van der Waals surface area contributed by atoms with E-state index < -0.39 is 0 Å². The molecule has 0 aliphatic rings. The summed E-state index contributed by atoms with van der Waals surface area (Å²) in [4.78, 5) is 15.9. The number of rotatable bonds is 2. The molecule has 0 spiro atoms. The molecule has 0 aliphatic heterocycles. The molecule has 1 amide bonds. The van der Waals surface area contributed by atoms with Crippen LogP contribution in [0.2, 0.25) is 5.02 Å². The van der Waals surface area contributed by atoms with Crippen LogP contribution in [-0.2, 0) is 0 Å². The smallest absolute Gasteiger partial charge is 0.256 e. The predicted octanol–water partition coefficient (Wildman–Crippen LogP) is 3.30. The summed E-state index contributed by atoms with van der Waals surface area (Å²) < 4.78 is 0. The molecule has 2 rings (SSSR count). The number of carbonyl (C=O) groups is 1. The van der Waals surface area contributed by atoms with Crippen molar-refractivity contribution in [3.63, 3.8) is 0 Å². The third-order valence-corrected chi connectivity index (χ3v) is 2.52. The Labute approximate surface area is 104 Å². The van der Waals surface area contributed by atoms with Gasteiger partial charge in [-0.1, -0.05) is 11.6 Å². The lowest BCUT2D eigenvalue weighted by molar-refractivity contribution is 0.102. The Bertz CT molecular complexity index is 537. The zero-order valence-electron chi connectivity index (χ0n) is 9.27. The van der Waals surface area contributed by atoms with Crippen molar-refractivity contribution in [3.8, 4) is 0 Å². The highest BCUT2D eigenvalue weighted by Crippen LogP contribution is 2.12. The zero-order valence-corrected chi connectivity index (χ0v) is 10.0. The van der Waals surface area contributed by atoms with Gasteiger partial charge in [-0.05, 0) is 48.9 Å². The number of carbonyl (C=O) groups excluding carboxylic acids is 1. The molecule has 1 heterocycles. The summed E-state index contributed by atoms with van der Waals surface area (Å²) in [5.41, 5.74) is 1.60. The summed E-state index contributed by atoms with van der Waals surface area (Å²) in [6.45, 7) is 1.94. The first-order valence-electron chi connectivity index (χ1n) is 5.15. The number of aryl methyl sites for hydroxylation is 1. The first-order chi connectivity index (χ1) is 8.15. The zero-order chi connectivity index (χ0) is 12.3. The molecule has 1 N–H and O–H groups in total. The van der Waals surface area contributed by atoms with E-state index in [1.165, 1.54) is 0 Å². The summed E-state index contributed by atoms with van der Waals surface area (Å²) in [7, 11) is 0. The molecule has 1 aromatic heterocycles. The number of hydrogen-bond acceptors (Lipinski definition) is 2. The molecule has 3 nitrogen and oxygen atoms in total. The van der Waals surface area contributed by atoms with Crippen molar-refractivity contribution < 1.29 is 4.79 Å². The quantitative estimate of drug-likeness (QED) is 0.884. The van der Waals surface area contributed by atoms with Crippen molar-refractivity contribution in [1.82, 2.24) is 4.98 Å². The number of benzene rings is 1. The monoisotopic (exact) mass is 246 g/mol. The Morgan fingerprint density at radius 1 is 1.24 bits per heavy atom. The molecule has 0 saturated carbocycles. The van der Waals surface area contributed by atoms with Crippen LogP contribution < -0.4 is 5.32 Å². The van der Waals surface area contributed by atoms with Gasteiger partial charge in [-0.2, -0.15) is 0 Å². The highest BCUT2D eigenvalue weighted by molar-refractivity contribution is 6.30. The number of halogens is 1. The normalized spacial score (nSPS) is 10.0. The van der Waals surface area contributed by atoms with E-state index in [1.807, 2.05) is 19.1 Å². The van der Waals surface area contributed by atoms with Gasteiger partial charge in [0.1, 0.15) is 5.82 Å². The average molecular weight is 247 g/mol. The maximum absolute atomic E-state index is 11.8. The van der Waals surface area contributed by atoms with Gasteiger partial charge in [0.05, 0.1) is 0 Å². The van der Waals surface area contributed by atoms with Crippen LogP contribution in [0.3, 0.4) is 0 Å². The molecule has 0 atom stereocenters. The molecule has 2 aromatic rings. The van der Waals surface area contributed by atoms with Crippen LogP contribution in [0.5, 0.6) is 0 Å². The number of nitrogens with zero attached hydrogens (tertiary/aromatic N) is 1. The number of amides is 1. The van der Waals surface area contributed by atoms with E-state index in [0.717, 1.165) is 5.56 Å². The number of nitrogens with one attached hydrogen (secondary N) is 1. The van der Waals surface area contributed by atoms with Gasteiger partial charge in [0.2, 0.25) is 0 Å². The number of aromatic nitrogens is 1. The molecule has 4 heteroatoms. The minimum atomic E-state index is -0.195. The maximum atomic E-state index is 11.8. The van der Waals surface area contributed by atoms with E-state index in [4.69, 9.17) is 11.6 Å². The largest absolute Gasteiger partial charge is 0.307 e. The molecule has 17 heavy (non-hydrogen) atoms. The second-order valence-corrected chi connectivity index (χ2v) is 4.12. The highest BCUT2D eigenvalue weighted by Gasteiger charge is 2.06. The molecular formula is C13H11ClN2O. The fourth-order valence-electron chi connectivity index (χ4n) is 1.39. The lowest BCUT2D eigenvalue weighted by atomic mass is 10.2. The Hall–Kier alpha value is -1.87. The number of anilines is 1. The van der Waals surface area contributed by atoms with Gasteiger partial charge in [-0.15, -0.1) is 0 Å². The molecule has 1 aromatic carbocycles. The second-order valence-electron chi connectivity index (χ2n) is 3.68. The topological polar surface area (TPSA) is 42.0 Å². The first-order valence-corrected chi connectivity index (χ1v) is 5.52. The van der Waals surface area contributed by atoms with Crippen molar-refractivity contribution >= 4 is 23.3 Å². The van der Waals surface area contributed by atoms with Crippen molar-refractivity contribution in [2.45, 2.75) is 6.92 Å². The van der Waals surface area contributed by atoms with Crippen molar-refractivity contribution in [3.05, 3.63) is 58.7 Å². The maximum Gasteiger partial charge on any atom is 0.256 e. The predicted molar refractivity (Wildman–Crippen MR) is 68.4 cm³/mol. The lowest BCUT2D eigenvalue weighted by Gasteiger charge is -2.04. The highest BCUT2D eigenvalue weighted by atomic mass is 35.5. The van der Waals surface area contributed by atoms with Gasteiger partial charge >= 0.3 is 0 Å². The molecule has 0 saturated heterocycles. The van der Waals surface area contributed by atoms with Crippen molar-refractivity contribution in [2.24, 2.45) is 0 Å². The SMILES string of the molecule is Cc1ccnc(NC(=O)c2ccc(Cl)cc2)c1. The van der Waals surface area contributed by atoms with Crippen molar-refractivity contribution in [1.29, 1.82) is 0 Å². The molecule has 0 unspecified atom stereocenters. The Balaban J connectivity index is 2.14. The van der Waals surface area contributed by atoms with Crippen LogP contribution in [0.1, 0.15) is 15.9 Å². The third-order valence-electron chi connectivity index (χ3n) is 2.26. The molecule has 0 aliphatic carbocycles. The van der Waals surface area contributed by atoms with Gasteiger partial charge in [0, 0.05) is 16.8 Å². The number of hydrogen-bond donors (Lipinski definition) is 1. The molecule has 0 bridgehead atoms. The Morgan fingerprint density at radius 2 is 1.94 bits per heavy atom. The molecule has 0 radical (unpaired) electrons. The van der Waals surface area contributed by atoms with Crippen LogP contribution in [0, 0.1) is 6.92 Å². The lowest BCUT2D eigenvalue weighted by Crippen LogP contribution is -2.12. The summed E-state index contributed by atoms with van der Waals surface area (Å²) in [6, 6.07) is 10.4. The van der Waals surface area contributed by atoms with E-state index in [1.54, 1.807) is 30.5 Å². The van der Waals surface area contributed by atoms with Crippen molar-refractivity contribution in [2.75, 3.05) is 5.32 Å². The summed E-state index contributed by atoms with van der Waals surface area (Å²) >= 11 is 5.75. The van der Waals surface area contributed by atoms with E-state index in [0.29, 0.717) is 16.4 Å². The van der Waals surface area contributed by atoms with E-state index >= 15 is 0 Å². The van der Waals surface area contributed by atoms with E-state index in [-0.39, 0.29) is 5.91 Å². The molecular weight excluding hydrogens is 236 g/mol. The average Bonchev–Trinajstić information content (AvgIpc) is 2.29. The van der Waals surface area contributed by atoms with E-state index in [2.05, 4.69) is 10.3 Å². The van der Waals surface area contributed by atoms with Gasteiger partial charge in [-0.3, -0.25) is 4.79 Å². The molecule has 86 valence electrons. The summed E-state index contributed by atoms with van der Waals surface area (Å²) in [5.74, 6) is 0.352. The standard InChI is InChI=1S/C13H11ClN2O/c1-9-6-7-15-12(8-9)16-13(17)10-2-4-11(14)5-3-10/h2-8H,1H3,(H,15,16,17). The van der Waals surface area contributed by atoms with E-state index in [9.17, 15) is 4.79 Å². The van der Waals surface area contributed by atoms with Gasteiger partial charge in [-0.25, -0.2) is 4.98 Å². The third kappa shape index (κ3) is 3.04. The minimum absolute atomic E-state index is 0.195. The Kier molecular flexibility index (Phi) is 3.40. The summed E-state index contributed by atoms with van der Waals surface area (Å²) in [5, 5.41) is 3.33. The van der Waals surface area contributed by atoms with Crippen LogP contribution in [0.15, 0.2) is 42.6 Å². The first kappa shape index (κ1) is 11.6. The van der Waals surface area contributed by atoms with Gasteiger partial charge < -0.3 is 5.32 Å². The fourth-order valence-corrected chi connectivity index (χ4v) is 1.52. The Morgan fingerprint density at radius 3 is 2.59 bits per heavy atom. The summed E-state index contributed by atoms with van der Waals surface area (Å²) in [6.07, 6.45) is 1.66. The van der Waals surface area contributed by atoms with Crippen LogP contribution in [0.25, 0.3) is 0 Å². The van der Waals surface area contributed by atoms with Crippen LogP contribution in [-0.4, -0.2) is 10.9 Å². The minimum Gasteiger partial charge on any atom is -0.307 e. The molecule has 0 fully saturated rings.